The van der Waals surface area contributed by atoms with Gasteiger partial charge in [0.15, 0.2) is 0 Å². The maximum atomic E-state index is 13.0. The molecule has 1 spiro atoms. The van der Waals surface area contributed by atoms with Crippen LogP contribution in [0.3, 0.4) is 0 Å². The van der Waals surface area contributed by atoms with Crippen LogP contribution in [0, 0.1) is 6.92 Å². The summed E-state index contributed by atoms with van der Waals surface area (Å²) in [6.07, 6.45) is 3.54. The molecule has 0 radical (unpaired) electrons. The highest BCUT2D eigenvalue weighted by molar-refractivity contribution is 7.85. The number of benzene rings is 1. The van der Waals surface area contributed by atoms with Crippen molar-refractivity contribution in [2.75, 3.05) is 25.6 Å². The molecule has 116 valence electrons. The summed E-state index contributed by atoms with van der Waals surface area (Å²) in [5.74, 6) is 0. The molecule has 1 aromatic carbocycles. The summed E-state index contributed by atoms with van der Waals surface area (Å²) in [6, 6.07) is 5.69. The smallest absolute Gasteiger partial charge is 0.0738 e. The van der Waals surface area contributed by atoms with Crippen molar-refractivity contribution in [3.8, 4) is 0 Å². The van der Waals surface area contributed by atoms with Crippen LogP contribution in [-0.4, -0.2) is 34.9 Å². The molecule has 2 heterocycles. The lowest BCUT2D eigenvalue weighted by Crippen LogP contribution is -2.47. The lowest BCUT2D eigenvalue weighted by Gasteiger charge is -2.43. The van der Waals surface area contributed by atoms with Gasteiger partial charge in [-0.15, -0.1) is 0 Å². The third-order valence-electron chi connectivity index (χ3n) is 4.70. The summed E-state index contributed by atoms with van der Waals surface area (Å²) in [7, 11) is -1.02. The van der Waals surface area contributed by atoms with Gasteiger partial charge in [0.05, 0.1) is 16.4 Å². The highest BCUT2D eigenvalue weighted by atomic mass is 32.2. The van der Waals surface area contributed by atoms with E-state index in [1.54, 1.807) is 0 Å². The van der Waals surface area contributed by atoms with Crippen molar-refractivity contribution >= 4 is 16.5 Å². The maximum Gasteiger partial charge on any atom is 0.0738 e. The second-order valence-electron chi connectivity index (χ2n) is 6.03. The molecule has 0 aromatic heterocycles. The van der Waals surface area contributed by atoms with Gasteiger partial charge in [-0.05, 0) is 50.3 Å². The zero-order valence-electron chi connectivity index (χ0n) is 12.5. The van der Waals surface area contributed by atoms with Crippen LogP contribution in [0.4, 0.5) is 5.69 Å². The zero-order valence-corrected chi connectivity index (χ0v) is 13.3. The quantitative estimate of drug-likeness (QED) is 0.852. The Labute approximate surface area is 128 Å². The third-order valence-corrected chi connectivity index (χ3v) is 6.58. The largest absolute Gasteiger partial charge is 0.398 e. The molecule has 2 saturated heterocycles. The molecule has 0 saturated carbocycles. The molecule has 2 fully saturated rings. The Kier molecular flexibility index (Phi) is 4.33. The van der Waals surface area contributed by atoms with Crippen molar-refractivity contribution in [1.29, 1.82) is 0 Å². The summed E-state index contributed by atoms with van der Waals surface area (Å²) in [5, 5.41) is 0.150. The van der Waals surface area contributed by atoms with E-state index in [0.29, 0.717) is 12.3 Å². The minimum atomic E-state index is -1.02. The number of anilines is 1. The van der Waals surface area contributed by atoms with Crippen LogP contribution in [0.5, 0.6) is 0 Å². The highest BCUT2D eigenvalue weighted by Gasteiger charge is 2.41. The summed E-state index contributed by atoms with van der Waals surface area (Å²) in [6.45, 7) is 4.14. The fraction of sp³-hybridized carbons (Fsp3) is 0.625. The molecule has 21 heavy (non-hydrogen) atoms. The normalized spacial score (nSPS) is 26.6. The molecule has 4 nitrogen and oxygen atoms in total. The first kappa shape index (κ1) is 15.0. The molecule has 0 amide bonds. The summed E-state index contributed by atoms with van der Waals surface area (Å²) >= 11 is 0. The molecule has 2 aliphatic heterocycles. The minimum Gasteiger partial charge on any atom is -0.398 e. The molecule has 2 N–H and O–H groups in total. The molecule has 0 bridgehead atoms. The first-order chi connectivity index (χ1) is 10.1. The van der Waals surface area contributed by atoms with E-state index in [4.69, 9.17) is 15.2 Å². The molecule has 2 unspecified atom stereocenters. The molecular formula is C16H23NO3S. The Balaban J connectivity index is 1.79. The van der Waals surface area contributed by atoms with Gasteiger partial charge in [-0.25, -0.2) is 0 Å². The van der Waals surface area contributed by atoms with Crippen molar-refractivity contribution in [1.82, 2.24) is 0 Å². The topological polar surface area (TPSA) is 61.6 Å². The zero-order chi connectivity index (χ0) is 14.9. The second kappa shape index (κ2) is 6.07. The van der Waals surface area contributed by atoms with Crippen LogP contribution in [0.15, 0.2) is 23.1 Å². The van der Waals surface area contributed by atoms with Gasteiger partial charge in [0, 0.05) is 35.7 Å². The van der Waals surface area contributed by atoms with Gasteiger partial charge >= 0.3 is 0 Å². The van der Waals surface area contributed by atoms with Crippen LogP contribution < -0.4 is 5.73 Å². The van der Waals surface area contributed by atoms with E-state index < -0.39 is 10.8 Å². The van der Waals surface area contributed by atoms with Gasteiger partial charge in [0.25, 0.3) is 0 Å². The fourth-order valence-corrected chi connectivity index (χ4v) is 5.04. The van der Waals surface area contributed by atoms with Crippen molar-refractivity contribution in [2.45, 2.75) is 48.4 Å². The first-order valence-corrected chi connectivity index (χ1v) is 8.80. The number of hydrogen-bond donors (Lipinski definition) is 1. The minimum absolute atomic E-state index is 0.120. The summed E-state index contributed by atoms with van der Waals surface area (Å²) < 4.78 is 24.4. The van der Waals surface area contributed by atoms with E-state index in [1.807, 2.05) is 25.1 Å². The van der Waals surface area contributed by atoms with Crippen LogP contribution in [0.2, 0.25) is 0 Å². The van der Waals surface area contributed by atoms with Gasteiger partial charge in [0.1, 0.15) is 0 Å². The van der Waals surface area contributed by atoms with E-state index >= 15 is 0 Å². The Bertz CT molecular complexity index is 535. The molecule has 5 heteroatoms. The van der Waals surface area contributed by atoms with Crippen molar-refractivity contribution in [3.63, 3.8) is 0 Å². The van der Waals surface area contributed by atoms with Crippen LogP contribution in [0.25, 0.3) is 0 Å². The number of ether oxygens (including phenoxy) is 2. The van der Waals surface area contributed by atoms with E-state index in [2.05, 4.69) is 0 Å². The van der Waals surface area contributed by atoms with E-state index in [1.165, 1.54) is 0 Å². The monoisotopic (exact) mass is 309 g/mol. The SMILES string of the molecule is Cc1c(N)cccc1S(=O)C1CCOC2(CCOCC2)C1. The highest BCUT2D eigenvalue weighted by Crippen LogP contribution is 2.37. The predicted molar refractivity (Wildman–Crippen MR) is 83.8 cm³/mol. The molecule has 2 aliphatic rings. The average Bonchev–Trinajstić information content (AvgIpc) is 2.50. The van der Waals surface area contributed by atoms with Crippen LogP contribution in [-0.2, 0) is 20.3 Å². The number of nitrogen functional groups attached to an aromatic ring is 1. The van der Waals surface area contributed by atoms with Crippen molar-refractivity contribution in [2.24, 2.45) is 0 Å². The summed E-state index contributed by atoms with van der Waals surface area (Å²) in [5.41, 5.74) is 7.49. The van der Waals surface area contributed by atoms with E-state index in [-0.39, 0.29) is 10.9 Å². The third kappa shape index (κ3) is 3.00. The predicted octanol–water partition coefficient (Wildman–Crippen LogP) is 2.41. The number of hydrogen-bond acceptors (Lipinski definition) is 4. The number of nitrogens with two attached hydrogens (primary N) is 1. The van der Waals surface area contributed by atoms with Gasteiger partial charge in [-0.3, -0.25) is 4.21 Å². The standard InChI is InChI=1S/C16H23NO3S/c1-12-14(17)3-2-4-15(12)21(18)13-5-8-20-16(11-13)6-9-19-10-7-16/h2-4,13H,5-11,17H2,1H3. The fourth-order valence-electron chi connectivity index (χ4n) is 3.29. The molecule has 1 aromatic rings. The van der Waals surface area contributed by atoms with Gasteiger partial charge < -0.3 is 15.2 Å². The summed E-state index contributed by atoms with van der Waals surface area (Å²) in [4.78, 5) is 0.879. The van der Waals surface area contributed by atoms with Crippen molar-refractivity contribution in [3.05, 3.63) is 23.8 Å². The molecular weight excluding hydrogens is 286 g/mol. The van der Waals surface area contributed by atoms with E-state index in [0.717, 1.165) is 49.4 Å². The molecule has 3 rings (SSSR count). The van der Waals surface area contributed by atoms with Crippen LogP contribution in [0.1, 0.15) is 31.2 Å². The second-order valence-corrected chi connectivity index (χ2v) is 7.73. The van der Waals surface area contributed by atoms with Crippen molar-refractivity contribution < 1.29 is 13.7 Å². The Morgan fingerprint density at radius 2 is 2.05 bits per heavy atom. The van der Waals surface area contributed by atoms with E-state index in [9.17, 15) is 4.21 Å². The Hall–Kier alpha value is -0.910. The van der Waals surface area contributed by atoms with Gasteiger partial charge in [0.2, 0.25) is 0 Å². The van der Waals surface area contributed by atoms with Gasteiger partial charge in [-0.1, -0.05) is 6.07 Å². The molecule has 0 aliphatic carbocycles. The average molecular weight is 309 g/mol. The van der Waals surface area contributed by atoms with Crippen LogP contribution >= 0.6 is 0 Å². The first-order valence-electron chi connectivity index (χ1n) is 7.59. The Morgan fingerprint density at radius 1 is 1.29 bits per heavy atom. The molecule has 2 atom stereocenters. The lowest BCUT2D eigenvalue weighted by atomic mass is 9.86. The lowest BCUT2D eigenvalue weighted by molar-refractivity contribution is -0.131. The maximum absolute atomic E-state index is 13.0. The Morgan fingerprint density at radius 3 is 2.81 bits per heavy atom. The van der Waals surface area contributed by atoms with Gasteiger partial charge in [-0.2, -0.15) is 0 Å². The number of rotatable bonds is 2.